The molecule has 1 aliphatic heterocycles. The first-order valence-corrected chi connectivity index (χ1v) is 10.8. The summed E-state index contributed by atoms with van der Waals surface area (Å²) in [5.74, 6) is -0.775. The van der Waals surface area contributed by atoms with Crippen LogP contribution in [-0.2, 0) is 9.59 Å². The summed E-state index contributed by atoms with van der Waals surface area (Å²) < 4.78 is 6.34. The molecule has 2 N–H and O–H groups in total. The van der Waals surface area contributed by atoms with Crippen molar-refractivity contribution in [1.29, 1.82) is 0 Å². The third-order valence-electron chi connectivity index (χ3n) is 3.89. The number of methoxy groups -OCH3 is 1. The van der Waals surface area contributed by atoms with Gasteiger partial charge < -0.3 is 15.2 Å². The number of rotatable bonds is 5. The minimum atomic E-state index is -0.552. The highest BCUT2D eigenvalue weighted by Crippen LogP contribution is 2.36. The minimum absolute atomic E-state index is 0.00194. The number of aromatic hydroxyl groups is 1. The molecule has 1 saturated heterocycles. The van der Waals surface area contributed by atoms with E-state index < -0.39 is 17.1 Å². The van der Waals surface area contributed by atoms with Crippen molar-refractivity contribution in [3.05, 3.63) is 54.9 Å². The van der Waals surface area contributed by atoms with E-state index in [1.165, 1.54) is 13.2 Å². The van der Waals surface area contributed by atoms with Gasteiger partial charge in [0, 0.05) is 4.47 Å². The van der Waals surface area contributed by atoms with Crippen LogP contribution in [0.3, 0.4) is 0 Å². The van der Waals surface area contributed by atoms with Gasteiger partial charge in [0.15, 0.2) is 11.5 Å². The van der Waals surface area contributed by atoms with E-state index >= 15 is 0 Å². The molecule has 29 heavy (non-hydrogen) atoms. The Morgan fingerprint density at radius 2 is 2.07 bits per heavy atom. The number of phenolic OH excluding ortho intramolecular Hbond substituents is 1. The van der Waals surface area contributed by atoms with Gasteiger partial charge in [0.2, 0.25) is 5.91 Å². The van der Waals surface area contributed by atoms with Crippen molar-refractivity contribution in [3.8, 4) is 11.5 Å². The first kappa shape index (κ1) is 21.7. The summed E-state index contributed by atoms with van der Waals surface area (Å²) in [7, 11) is 1.42. The van der Waals surface area contributed by atoms with Crippen LogP contribution in [0.25, 0.3) is 6.08 Å². The number of ether oxygens (including phenoxy) is 1. The van der Waals surface area contributed by atoms with E-state index in [9.17, 15) is 19.5 Å². The quantitative estimate of drug-likeness (QED) is 0.396. The molecule has 2 aromatic rings. The second-order valence-electron chi connectivity index (χ2n) is 5.85. The second-order valence-corrected chi connectivity index (χ2v) is 8.86. The number of halogens is 2. The fourth-order valence-corrected chi connectivity index (χ4v) is 4.36. The van der Waals surface area contributed by atoms with Crippen LogP contribution in [0.2, 0.25) is 0 Å². The third-order valence-corrected chi connectivity index (χ3v) is 6.31. The molecule has 1 heterocycles. The number of hydrogen-bond acceptors (Lipinski definition) is 6. The number of para-hydroxylation sites is 1. The second kappa shape index (κ2) is 9.18. The zero-order valence-electron chi connectivity index (χ0n) is 14.9. The average Bonchev–Trinajstić information content (AvgIpc) is 2.93. The lowest BCUT2D eigenvalue weighted by molar-refractivity contribution is -0.127. The molecule has 0 spiro atoms. The van der Waals surface area contributed by atoms with E-state index in [1.807, 2.05) is 22.6 Å². The standard InChI is InChI=1S/C19H14BrIN2O5S/c1-28-14-7-10(6-12(21)17(14)25)8-15-18(26)23(19(27)29-15)9-16(24)22-13-5-3-2-4-11(13)20/h2-8,25H,9H2,1H3,(H,22,24)/b15-8+. The van der Waals surface area contributed by atoms with E-state index in [2.05, 4.69) is 21.2 Å². The van der Waals surface area contributed by atoms with Gasteiger partial charge in [-0.2, -0.15) is 0 Å². The minimum Gasteiger partial charge on any atom is -0.504 e. The fourth-order valence-electron chi connectivity index (χ4n) is 2.52. The van der Waals surface area contributed by atoms with Gasteiger partial charge in [-0.25, -0.2) is 0 Å². The molecule has 0 radical (unpaired) electrons. The molecule has 2 aromatic carbocycles. The Morgan fingerprint density at radius 1 is 1.34 bits per heavy atom. The Labute approximate surface area is 192 Å². The largest absolute Gasteiger partial charge is 0.504 e. The van der Waals surface area contributed by atoms with Gasteiger partial charge in [0.1, 0.15) is 6.54 Å². The number of hydrogen-bond donors (Lipinski definition) is 2. The molecule has 7 nitrogen and oxygen atoms in total. The maximum atomic E-state index is 12.6. The molecule has 0 atom stereocenters. The van der Waals surface area contributed by atoms with Gasteiger partial charge in [-0.15, -0.1) is 0 Å². The van der Waals surface area contributed by atoms with Crippen molar-refractivity contribution in [2.75, 3.05) is 19.0 Å². The summed E-state index contributed by atoms with van der Waals surface area (Å²) in [6.07, 6.45) is 1.53. The Balaban J connectivity index is 1.76. The lowest BCUT2D eigenvalue weighted by atomic mass is 10.2. The number of carbonyl (C=O) groups is 3. The van der Waals surface area contributed by atoms with Crippen LogP contribution in [0.1, 0.15) is 5.56 Å². The Hall–Kier alpha value is -2.05. The average molecular weight is 589 g/mol. The lowest BCUT2D eigenvalue weighted by Gasteiger charge is -2.13. The molecule has 3 rings (SSSR count). The maximum absolute atomic E-state index is 12.6. The number of nitrogens with zero attached hydrogens (tertiary/aromatic N) is 1. The van der Waals surface area contributed by atoms with Gasteiger partial charge in [0.05, 0.1) is 21.3 Å². The summed E-state index contributed by atoms with van der Waals surface area (Å²) in [6.45, 7) is -0.389. The number of phenols is 1. The molecule has 0 saturated carbocycles. The van der Waals surface area contributed by atoms with E-state index in [0.717, 1.165) is 16.7 Å². The lowest BCUT2D eigenvalue weighted by Crippen LogP contribution is -2.36. The molecular weight excluding hydrogens is 575 g/mol. The van der Waals surface area contributed by atoms with Crippen LogP contribution >= 0.6 is 50.3 Å². The van der Waals surface area contributed by atoms with Crippen molar-refractivity contribution in [1.82, 2.24) is 4.90 Å². The summed E-state index contributed by atoms with van der Waals surface area (Å²) >= 11 is 6.02. The summed E-state index contributed by atoms with van der Waals surface area (Å²) in [5.41, 5.74) is 1.14. The monoisotopic (exact) mass is 588 g/mol. The third kappa shape index (κ3) is 4.93. The molecule has 0 aliphatic carbocycles. The van der Waals surface area contributed by atoms with Crippen LogP contribution in [-0.4, -0.2) is 40.7 Å². The number of anilines is 1. The van der Waals surface area contributed by atoms with Crippen molar-refractivity contribution in [2.24, 2.45) is 0 Å². The fraction of sp³-hybridized carbons (Fsp3) is 0.105. The molecule has 0 aromatic heterocycles. The summed E-state index contributed by atoms with van der Waals surface area (Å²) in [6, 6.07) is 10.3. The van der Waals surface area contributed by atoms with Crippen molar-refractivity contribution >= 4 is 79.1 Å². The summed E-state index contributed by atoms with van der Waals surface area (Å²) in [4.78, 5) is 38.3. The van der Waals surface area contributed by atoms with Crippen LogP contribution in [0, 0.1) is 3.57 Å². The number of amides is 3. The van der Waals surface area contributed by atoms with Crippen LogP contribution in [0.15, 0.2) is 45.8 Å². The molecule has 0 bridgehead atoms. The van der Waals surface area contributed by atoms with Crippen LogP contribution in [0.5, 0.6) is 11.5 Å². The predicted octanol–water partition coefficient (Wildman–Crippen LogP) is 4.44. The van der Waals surface area contributed by atoms with Gasteiger partial charge in [-0.3, -0.25) is 19.3 Å². The molecule has 1 aliphatic rings. The predicted molar refractivity (Wildman–Crippen MR) is 123 cm³/mol. The maximum Gasteiger partial charge on any atom is 0.294 e. The number of benzene rings is 2. The highest BCUT2D eigenvalue weighted by molar-refractivity contribution is 14.1. The smallest absolute Gasteiger partial charge is 0.294 e. The van der Waals surface area contributed by atoms with Gasteiger partial charge in [0.25, 0.3) is 11.1 Å². The first-order chi connectivity index (χ1) is 13.8. The molecule has 1 fully saturated rings. The SMILES string of the molecule is COc1cc(/C=C2/SC(=O)N(CC(=O)Nc3ccccc3Br)C2=O)cc(I)c1O. The molecule has 3 amide bonds. The van der Waals surface area contributed by atoms with E-state index in [1.54, 1.807) is 36.4 Å². The van der Waals surface area contributed by atoms with E-state index in [0.29, 0.717) is 19.3 Å². The first-order valence-electron chi connectivity index (χ1n) is 8.16. The number of imide groups is 1. The van der Waals surface area contributed by atoms with Gasteiger partial charge >= 0.3 is 0 Å². The van der Waals surface area contributed by atoms with Crippen molar-refractivity contribution in [3.63, 3.8) is 0 Å². The molecule has 10 heteroatoms. The normalized spacial score (nSPS) is 15.1. The van der Waals surface area contributed by atoms with Gasteiger partial charge in [-0.1, -0.05) is 12.1 Å². The van der Waals surface area contributed by atoms with Crippen molar-refractivity contribution < 1.29 is 24.2 Å². The number of carbonyl (C=O) groups excluding carboxylic acids is 3. The van der Waals surface area contributed by atoms with E-state index in [-0.39, 0.29) is 22.9 Å². The van der Waals surface area contributed by atoms with Crippen molar-refractivity contribution in [2.45, 2.75) is 0 Å². The highest BCUT2D eigenvalue weighted by Gasteiger charge is 2.36. The van der Waals surface area contributed by atoms with E-state index in [4.69, 9.17) is 4.74 Å². The zero-order valence-corrected chi connectivity index (χ0v) is 19.5. The topological polar surface area (TPSA) is 95.9 Å². The molecule has 150 valence electrons. The molecular formula is C19H14BrIN2O5S. The van der Waals surface area contributed by atoms with Gasteiger partial charge in [-0.05, 0) is 86.2 Å². The zero-order chi connectivity index (χ0) is 21.1. The van der Waals surface area contributed by atoms with Crippen LogP contribution in [0.4, 0.5) is 10.5 Å². The van der Waals surface area contributed by atoms with Crippen LogP contribution < -0.4 is 10.1 Å². The number of thioether (sulfide) groups is 1. The highest BCUT2D eigenvalue weighted by atomic mass is 127. The Morgan fingerprint density at radius 3 is 2.76 bits per heavy atom. The Bertz CT molecular complexity index is 1040. The molecule has 0 unspecified atom stereocenters. The number of nitrogens with one attached hydrogen (secondary N) is 1. The summed E-state index contributed by atoms with van der Waals surface area (Å²) in [5, 5.41) is 12.1. The Kier molecular flexibility index (Phi) is 6.85.